The van der Waals surface area contributed by atoms with Gasteiger partial charge < -0.3 is 10.1 Å². The monoisotopic (exact) mass is 82.0 g/mol. The van der Waals surface area contributed by atoms with Crippen molar-refractivity contribution in [3.63, 3.8) is 0 Å². The summed E-state index contributed by atoms with van der Waals surface area (Å²) in [4.78, 5) is 2.44. The Morgan fingerprint density at radius 3 is 2.67 bits per heavy atom. The molecule has 0 unspecified atom stereocenters. The molecule has 0 aliphatic heterocycles. The fourth-order valence-corrected chi connectivity index (χ4v) is 0.314. The van der Waals surface area contributed by atoms with Gasteiger partial charge in [0, 0.05) is 0 Å². The topological polar surface area (TPSA) is 38.8 Å². The van der Waals surface area contributed by atoms with Crippen molar-refractivity contribution in [1.82, 2.24) is 4.98 Å². The van der Waals surface area contributed by atoms with Crippen LogP contribution in [0.5, 0.6) is 5.88 Å². The smallest absolute Gasteiger partial charge is 0.0000818 e. The molecule has 0 spiro atoms. The highest BCUT2D eigenvalue weighted by molar-refractivity contribution is 5.05. The first kappa shape index (κ1) is 3.28. The largest absolute Gasteiger partial charge is 0.860 e. The van der Waals surface area contributed by atoms with Gasteiger partial charge in [0.15, 0.2) is 0 Å². The number of rotatable bonds is 0. The van der Waals surface area contributed by atoms with Crippen LogP contribution >= 0.6 is 0 Å². The fourth-order valence-electron chi connectivity index (χ4n) is 0.314. The lowest BCUT2D eigenvalue weighted by atomic mass is 10.7. The van der Waals surface area contributed by atoms with Gasteiger partial charge in [-0.1, -0.05) is 6.07 Å². The SMILES string of the molecule is [O-]c1ccc[nH]1. The van der Waals surface area contributed by atoms with Crippen LogP contribution in [-0.2, 0) is 0 Å². The van der Waals surface area contributed by atoms with Gasteiger partial charge in [-0.3, -0.25) is 0 Å². The fraction of sp³-hybridized carbons (Fsp3) is 0. The molecule has 32 valence electrons. The number of aromatic amines is 1. The van der Waals surface area contributed by atoms with Gasteiger partial charge in [-0.05, 0) is 18.1 Å². The third kappa shape index (κ3) is 0.360. The van der Waals surface area contributed by atoms with E-state index in [4.69, 9.17) is 0 Å². The summed E-state index contributed by atoms with van der Waals surface area (Å²) in [6.45, 7) is 0. The van der Waals surface area contributed by atoms with Crippen LogP contribution in [0.25, 0.3) is 0 Å². The van der Waals surface area contributed by atoms with Crippen molar-refractivity contribution < 1.29 is 5.11 Å². The van der Waals surface area contributed by atoms with Gasteiger partial charge in [0.25, 0.3) is 0 Å². The normalized spacial score (nSPS) is 8.67. The third-order valence-electron chi connectivity index (χ3n) is 0.569. The van der Waals surface area contributed by atoms with Crippen molar-refractivity contribution in [2.75, 3.05) is 0 Å². The first-order valence-electron chi connectivity index (χ1n) is 1.70. The Morgan fingerprint density at radius 2 is 2.50 bits per heavy atom. The lowest BCUT2D eigenvalue weighted by molar-refractivity contribution is -0.274. The summed E-state index contributed by atoms with van der Waals surface area (Å²) in [5, 5.41) is 10.0. The van der Waals surface area contributed by atoms with E-state index in [2.05, 4.69) is 4.98 Å². The molecule has 1 aromatic heterocycles. The lowest BCUT2D eigenvalue weighted by Crippen LogP contribution is -1.85. The molecule has 0 saturated heterocycles. The zero-order valence-corrected chi connectivity index (χ0v) is 3.14. The van der Waals surface area contributed by atoms with Crippen LogP contribution in [0.2, 0.25) is 0 Å². The molecule has 1 N–H and O–H groups in total. The number of H-pyrrole nitrogens is 1. The lowest BCUT2D eigenvalue weighted by Gasteiger charge is -1.92. The van der Waals surface area contributed by atoms with E-state index >= 15 is 0 Å². The molecule has 0 bridgehead atoms. The highest BCUT2D eigenvalue weighted by Gasteiger charge is 1.64. The summed E-state index contributed by atoms with van der Waals surface area (Å²) in [6, 6.07) is 3.14. The maximum atomic E-state index is 10.0. The van der Waals surface area contributed by atoms with Crippen LogP contribution in [-0.4, -0.2) is 4.98 Å². The van der Waals surface area contributed by atoms with Crippen LogP contribution in [0.1, 0.15) is 0 Å². The Balaban J connectivity index is 3.05. The molecular formula is C4H4NO-. The Hall–Kier alpha value is -0.920. The standard InChI is InChI=1S/C4H5NO/c6-4-2-1-3-5-4/h1-3,5-6H/p-1. The van der Waals surface area contributed by atoms with Gasteiger partial charge in [0.05, 0.1) is 0 Å². The highest BCUT2D eigenvalue weighted by atomic mass is 16.3. The first-order chi connectivity index (χ1) is 2.89. The summed E-state index contributed by atoms with van der Waals surface area (Å²) in [5.41, 5.74) is 0. The quantitative estimate of drug-likeness (QED) is 0.473. The van der Waals surface area contributed by atoms with E-state index in [1.165, 1.54) is 6.07 Å². The Morgan fingerprint density at radius 1 is 1.67 bits per heavy atom. The van der Waals surface area contributed by atoms with Gasteiger partial charge in [0.1, 0.15) is 0 Å². The van der Waals surface area contributed by atoms with Crippen molar-refractivity contribution in [2.24, 2.45) is 0 Å². The maximum Gasteiger partial charge on any atom is -0.0000818 e. The molecule has 2 nitrogen and oxygen atoms in total. The van der Waals surface area contributed by atoms with Gasteiger partial charge >= 0.3 is 0 Å². The Labute approximate surface area is 35.4 Å². The van der Waals surface area contributed by atoms with Gasteiger partial charge in [-0.25, -0.2) is 0 Å². The van der Waals surface area contributed by atoms with Crippen LogP contribution in [0.15, 0.2) is 18.3 Å². The van der Waals surface area contributed by atoms with Crippen molar-refractivity contribution in [1.29, 1.82) is 0 Å². The number of nitrogens with one attached hydrogen (secondary N) is 1. The molecule has 0 radical (unpaired) electrons. The third-order valence-corrected chi connectivity index (χ3v) is 0.569. The molecule has 1 aromatic rings. The van der Waals surface area contributed by atoms with Crippen LogP contribution < -0.4 is 5.11 Å². The van der Waals surface area contributed by atoms with Crippen LogP contribution in [0.4, 0.5) is 0 Å². The van der Waals surface area contributed by atoms with Crippen molar-refractivity contribution >= 4 is 0 Å². The molecule has 2 heteroatoms. The van der Waals surface area contributed by atoms with Crippen molar-refractivity contribution in [3.8, 4) is 5.88 Å². The maximum absolute atomic E-state index is 10.0. The van der Waals surface area contributed by atoms with Crippen LogP contribution in [0, 0.1) is 0 Å². The van der Waals surface area contributed by atoms with E-state index < -0.39 is 0 Å². The van der Waals surface area contributed by atoms with E-state index in [0.29, 0.717) is 0 Å². The average Bonchev–Trinajstić information content (AvgIpc) is 1.86. The Bertz CT molecular complexity index is 111. The van der Waals surface area contributed by atoms with Gasteiger partial charge in [0.2, 0.25) is 0 Å². The number of hydrogen-bond donors (Lipinski definition) is 1. The molecule has 0 aliphatic rings. The summed E-state index contributed by atoms with van der Waals surface area (Å²) >= 11 is 0. The van der Waals surface area contributed by atoms with E-state index in [-0.39, 0.29) is 5.88 Å². The van der Waals surface area contributed by atoms with Crippen molar-refractivity contribution in [2.45, 2.75) is 0 Å². The molecule has 1 rings (SSSR count). The highest BCUT2D eigenvalue weighted by Crippen LogP contribution is 1.92. The first-order valence-corrected chi connectivity index (χ1v) is 1.70. The molecule has 0 saturated carbocycles. The molecule has 1 heterocycles. The second kappa shape index (κ2) is 1.05. The summed E-state index contributed by atoms with van der Waals surface area (Å²) in [5.74, 6) is -0.0324. The minimum absolute atomic E-state index is 0.0324. The zero-order valence-electron chi connectivity index (χ0n) is 3.14. The molecule has 0 fully saturated rings. The summed E-state index contributed by atoms with van der Waals surface area (Å²) in [7, 11) is 0. The van der Waals surface area contributed by atoms with E-state index in [9.17, 15) is 5.11 Å². The van der Waals surface area contributed by atoms with E-state index in [1.54, 1.807) is 12.3 Å². The van der Waals surface area contributed by atoms with Gasteiger partial charge in [-0.15, -0.1) is 0 Å². The molecule has 6 heavy (non-hydrogen) atoms. The zero-order chi connectivity index (χ0) is 4.41. The predicted molar refractivity (Wildman–Crippen MR) is 20.2 cm³/mol. The second-order valence-electron chi connectivity index (χ2n) is 1.03. The average molecular weight is 82.1 g/mol. The van der Waals surface area contributed by atoms with Crippen molar-refractivity contribution in [3.05, 3.63) is 18.3 Å². The van der Waals surface area contributed by atoms with Crippen LogP contribution in [0.3, 0.4) is 0 Å². The molecule has 0 aromatic carbocycles. The number of aromatic nitrogens is 1. The minimum Gasteiger partial charge on any atom is -0.860 e. The Kier molecular flexibility index (Phi) is 0.572. The molecule has 0 atom stereocenters. The molecule has 0 amide bonds. The predicted octanol–water partition coefficient (Wildman–Crippen LogP) is 0.0883. The summed E-state index contributed by atoms with van der Waals surface area (Å²) < 4.78 is 0. The number of hydrogen-bond acceptors (Lipinski definition) is 1. The molecule has 0 aliphatic carbocycles. The van der Waals surface area contributed by atoms with Gasteiger partial charge in [-0.2, -0.15) is 0 Å². The van der Waals surface area contributed by atoms with E-state index in [1.807, 2.05) is 0 Å². The summed E-state index contributed by atoms with van der Waals surface area (Å²) in [6.07, 6.45) is 1.60. The molecular weight excluding hydrogens is 78.0 g/mol. The second-order valence-corrected chi connectivity index (χ2v) is 1.03. The minimum atomic E-state index is -0.0324. The van der Waals surface area contributed by atoms with E-state index in [0.717, 1.165) is 0 Å².